The highest BCUT2D eigenvalue weighted by atomic mass is 32.2. The lowest BCUT2D eigenvalue weighted by Crippen LogP contribution is -2.06. The number of hydrogen-bond donors (Lipinski definition) is 1. The molecule has 0 radical (unpaired) electrons. The van der Waals surface area contributed by atoms with Crippen LogP contribution in [0.3, 0.4) is 0 Å². The van der Waals surface area contributed by atoms with Gasteiger partial charge in [0.1, 0.15) is 6.07 Å². The van der Waals surface area contributed by atoms with Crippen LogP contribution in [0.4, 0.5) is 5.69 Å². The highest BCUT2D eigenvalue weighted by molar-refractivity contribution is 7.95. The fourth-order valence-corrected chi connectivity index (χ4v) is 3.07. The Morgan fingerprint density at radius 3 is 2.36 bits per heavy atom. The Kier molecular flexibility index (Phi) is 5.93. The molecule has 1 N–H and O–H groups in total. The van der Waals surface area contributed by atoms with Crippen LogP contribution in [0.2, 0.25) is 0 Å². The molecular weight excluding hydrogens is 340 g/mol. The van der Waals surface area contributed by atoms with Crippen molar-refractivity contribution in [2.24, 2.45) is 0 Å². The second-order valence-electron chi connectivity index (χ2n) is 4.88. The van der Waals surface area contributed by atoms with E-state index in [-0.39, 0.29) is 11.5 Å². The van der Waals surface area contributed by atoms with E-state index in [0.717, 1.165) is 6.20 Å². The van der Waals surface area contributed by atoms with E-state index in [9.17, 15) is 18.5 Å². The van der Waals surface area contributed by atoms with Crippen LogP contribution < -0.4 is 5.32 Å². The van der Waals surface area contributed by atoms with E-state index in [1.165, 1.54) is 12.1 Å². The third-order valence-corrected chi connectivity index (χ3v) is 4.90. The summed E-state index contributed by atoms with van der Waals surface area (Å²) in [4.78, 5) is 11.2. The third kappa shape index (κ3) is 4.46. The van der Waals surface area contributed by atoms with Gasteiger partial charge < -0.3 is 10.1 Å². The number of allylic oxidation sites excluding steroid dienone is 1. The predicted octanol–water partition coefficient (Wildman–Crippen LogP) is 3.11. The molecule has 2 rings (SSSR count). The van der Waals surface area contributed by atoms with Gasteiger partial charge >= 0.3 is 5.97 Å². The molecule has 0 bridgehead atoms. The summed E-state index contributed by atoms with van der Waals surface area (Å²) in [5.74, 6) is -0.436. The Balaban J connectivity index is 2.19. The molecule has 6 nitrogen and oxygen atoms in total. The zero-order chi connectivity index (χ0) is 18.3. The number of nitrogens with zero attached hydrogens (tertiary/aromatic N) is 1. The zero-order valence-electron chi connectivity index (χ0n) is 13.5. The third-order valence-electron chi connectivity index (χ3n) is 3.22. The van der Waals surface area contributed by atoms with Crippen LogP contribution in [0.1, 0.15) is 17.3 Å². The molecule has 25 heavy (non-hydrogen) atoms. The minimum absolute atomic E-state index is 0.0438. The van der Waals surface area contributed by atoms with Crippen molar-refractivity contribution in [3.63, 3.8) is 0 Å². The van der Waals surface area contributed by atoms with Crippen LogP contribution in [-0.4, -0.2) is 21.0 Å². The number of nitriles is 1. The van der Waals surface area contributed by atoms with Gasteiger partial charge in [-0.05, 0) is 43.3 Å². The van der Waals surface area contributed by atoms with Crippen LogP contribution in [-0.2, 0) is 14.6 Å². The van der Waals surface area contributed by atoms with Crippen molar-refractivity contribution in [1.82, 2.24) is 0 Å². The number of anilines is 1. The summed E-state index contributed by atoms with van der Waals surface area (Å²) in [6.07, 6.45) is 1.13. The maximum absolute atomic E-state index is 12.4. The monoisotopic (exact) mass is 356 g/mol. The lowest BCUT2D eigenvalue weighted by molar-refractivity contribution is 0.0526. The second-order valence-corrected chi connectivity index (χ2v) is 6.80. The summed E-state index contributed by atoms with van der Waals surface area (Å²) in [5, 5.41) is 11.9. The van der Waals surface area contributed by atoms with Gasteiger partial charge in [0.15, 0.2) is 4.91 Å². The molecule has 0 amide bonds. The van der Waals surface area contributed by atoms with Crippen LogP contribution in [0, 0.1) is 11.3 Å². The summed E-state index contributed by atoms with van der Waals surface area (Å²) >= 11 is 0. The first-order valence-electron chi connectivity index (χ1n) is 7.43. The number of carbonyl (C=O) groups excluding carboxylic acids is 1. The number of benzene rings is 2. The first-order valence-corrected chi connectivity index (χ1v) is 8.91. The molecule has 7 heteroatoms. The molecular formula is C18H16N2O4S. The van der Waals surface area contributed by atoms with Crippen molar-refractivity contribution in [2.75, 3.05) is 11.9 Å². The maximum Gasteiger partial charge on any atom is 0.338 e. The average Bonchev–Trinajstić information content (AvgIpc) is 2.63. The van der Waals surface area contributed by atoms with E-state index < -0.39 is 20.7 Å². The molecule has 2 aromatic carbocycles. The van der Waals surface area contributed by atoms with Crippen LogP contribution in [0.5, 0.6) is 0 Å². The molecule has 128 valence electrons. The number of ether oxygens (including phenoxy) is 1. The van der Waals surface area contributed by atoms with Crippen molar-refractivity contribution in [3.05, 3.63) is 71.3 Å². The van der Waals surface area contributed by atoms with Gasteiger partial charge in [0.2, 0.25) is 9.84 Å². The fraction of sp³-hybridized carbons (Fsp3) is 0.111. The first-order chi connectivity index (χ1) is 12.0. The van der Waals surface area contributed by atoms with Crippen molar-refractivity contribution < 1.29 is 17.9 Å². The topological polar surface area (TPSA) is 96.3 Å². The molecule has 0 heterocycles. The molecule has 0 aliphatic heterocycles. The molecule has 0 fully saturated rings. The molecule has 0 aliphatic rings. The molecule has 0 unspecified atom stereocenters. The number of carbonyl (C=O) groups is 1. The zero-order valence-corrected chi connectivity index (χ0v) is 14.3. The smallest absolute Gasteiger partial charge is 0.338 e. The fourth-order valence-electron chi connectivity index (χ4n) is 1.96. The highest BCUT2D eigenvalue weighted by Crippen LogP contribution is 2.19. The van der Waals surface area contributed by atoms with Gasteiger partial charge in [0, 0.05) is 11.9 Å². The molecule has 2 aromatic rings. The standard InChI is InChI=1S/C18H16N2O4S/c1-2-24-18(21)14-8-10-15(11-9-14)20-13-17(12-19)25(22,23)16-6-4-3-5-7-16/h3-11,13,20H,2H2,1H3. The maximum atomic E-state index is 12.4. The van der Waals surface area contributed by atoms with E-state index in [2.05, 4.69) is 5.32 Å². The molecule has 0 aliphatic carbocycles. The van der Waals surface area contributed by atoms with Gasteiger partial charge in [-0.15, -0.1) is 0 Å². The van der Waals surface area contributed by atoms with E-state index in [1.807, 2.05) is 0 Å². The van der Waals surface area contributed by atoms with Gasteiger partial charge in [-0.1, -0.05) is 18.2 Å². The Bertz CT molecular complexity index is 912. The quantitative estimate of drug-likeness (QED) is 0.631. The number of rotatable bonds is 6. The van der Waals surface area contributed by atoms with Gasteiger partial charge in [-0.2, -0.15) is 5.26 Å². The van der Waals surface area contributed by atoms with E-state index >= 15 is 0 Å². The predicted molar refractivity (Wildman–Crippen MR) is 93.3 cm³/mol. The van der Waals surface area contributed by atoms with Crippen molar-refractivity contribution >= 4 is 21.5 Å². The molecule has 0 saturated carbocycles. The largest absolute Gasteiger partial charge is 0.462 e. The number of hydrogen-bond acceptors (Lipinski definition) is 6. The average molecular weight is 356 g/mol. The summed E-state index contributed by atoms with van der Waals surface area (Å²) < 4.78 is 29.7. The SMILES string of the molecule is CCOC(=O)c1ccc(NC=C(C#N)S(=O)(=O)c2ccccc2)cc1. The van der Waals surface area contributed by atoms with Gasteiger partial charge in [0.05, 0.1) is 17.1 Å². The van der Waals surface area contributed by atoms with Crippen LogP contribution in [0.25, 0.3) is 0 Å². The lowest BCUT2D eigenvalue weighted by atomic mass is 10.2. The molecule has 0 saturated heterocycles. The van der Waals surface area contributed by atoms with E-state index in [0.29, 0.717) is 11.3 Å². The number of esters is 1. The van der Waals surface area contributed by atoms with Crippen molar-refractivity contribution in [2.45, 2.75) is 11.8 Å². The van der Waals surface area contributed by atoms with Gasteiger partial charge in [-0.25, -0.2) is 13.2 Å². The summed E-state index contributed by atoms with van der Waals surface area (Å²) in [7, 11) is -3.89. The molecule has 0 atom stereocenters. The minimum Gasteiger partial charge on any atom is -0.462 e. The Labute approximate surface area is 146 Å². The number of sulfone groups is 1. The Hall–Kier alpha value is -3.11. The summed E-state index contributed by atoms with van der Waals surface area (Å²) in [6.45, 7) is 2.00. The van der Waals surface area contributed by atoms with E-state index in [4.69, 9.17) is 4.74 Å². The minimum atomic E-state index is -3.89. The van der Waals surface area contributed by atoms with Crippen molar-refractivity contribution in [1.29, 1.82) is 5.26 Å². The molecule has 0 aromatic heterocycles. The summed E-state index contributed by atoms with van der Waals surface area (Å²) in [5.41, 5.74) is 0.915. The number of nitrogens with one attached hydrogen (secondary N) is 1. The van der Waals surface area contributed by atoms with Crippen LogP contribution in [0.15, 0.2) is 70.6 Å². The van der Waals surface area contributed by atoms with E-state index in [1.54, 1.807) is 55.5 Å². The van der Waals surface area contributed by atoms with Crippen molar-refractivity contribution in [3.8, 4) is 6.07 Å². The molecule has 0 spiro atoms. The Morgan fingerprint density at radius 1 is 1.16 bits per heavy atom. The van der Waals surface area contributed by atoms with Gasteiger partial charge in [0.25, 0.3) is 0 Å². The van der Waals surface area contributed by atoms with Gasteiger partial charge in [-0.3, -0.25) is 0 Å². The first kappa shape index (κ1) is 18.2. The summed E-state index contributed by atoms with van der Waals surface area (Å²) in [6, 6.07) is 15.7. The highest BCUT2D eigenvalue weighted by Gasteiger charge is 2.20. The Morgan fingerprint density at radius 2 is 1.80 bits per heavy atom. The lowest BCUT2D eigenvalue weighted by Gasteiger charge is -2.06. The van der Waals surface area contributed by atoms with Crippen LogP contribution >= 0.6 is 0 Å². The second kappa shape index (κ2) is 8.13. The normalized spacial score (nSPS) is 11.4.